The van der Waals surface area contributed by atoms with Gasteiger partial charge in [-0.05, 0) is 18.6 Å². The van der Waals surface area contributed by atoms with Crippen molar-refractivity contribution in [3.63, 3.8) is 0 Å². The fourth-order valence-corrected chi connectivity index (χ4v) is 1.42. The normalized spacial score (nSPS) is 12.2. The van der Waals surface area contributed by atoms with Gasteiger partial charge in [-0.3, -0.25) is 0 Å². The molecule has 1 heterocycles. The lowest BCUT2D eigenvalue weighted by molar-refractivity contribution is 0.153. The fourth-order valence-electron chi connectivity index (χ4n) is 1.42. The second kappa shape index (κ2) is 7.86. The van der Waals surface area contributed by atoms with E-state index < -0.39 is 0 Å². The number of methoxy groups -OCH3 is 1. The molecule has 0 aliphatic heterocycles. The molecule has 96 valence electrons. The zero-order chi connectivity index (χ0) is 12.5. The van der Waals surface area contributed by atoms with E-state index in [1.54, 1.807) is 7.11 Å². The van der Waals surface area contributed by atoms with Crippen molar-refractivity contribution in [1.82, 2.24) is 4.98 Å². The molecule has 0 bridgehead atoms. The van der Waals surface area contributed by atoms with Crippen LogP contribution >= 0.6 is 0 Å². The molecule has 1 atom stereocenters. The highest BCUT2D eigenvalue weighted by molar-refractivity contribution is 5.45. The monoisotopic (exact) mass is 239 g/mol. The Labute approximate surface area is 102 Å². The molecule has 0 aromatic carbocycles. The Morgan fingerprint density at radius 2 is 2.18 bits per heavy atom. The SMILES string of the molecule is CCCNc1cccc(NC(CO)COC)n1. The number of nitrogens with one attached hydrogen (secondary N) is 2. The Morgan fingerprint density at radius 3 is 2.82 bits per heavy atom. The third kappa shape index (κ3) is 5.01. The summed E-state index contributed by atoms with van der Waals surface area (Å²) in [5.41, 5.74) is 0. The Hall–Kier alpha value is -1.33. The van der Waals surface area contributed by atoms with Gasteiger partial charge in [-0.2, -0.15) is 0 Å². The standard InChI is InChI=1S/C12H21N3O2/c1-3-7-13-11-5-4-6-12(15-11)14-10(8-16)9-17-2/h4-6,10,16H,3,7-9H2,1-2H3,(H2,13,14,15). The summed E-state index contributed by atoms with van der Waals surface area (Å²) in [5.74, 6) is 1.58. The molecule has 1 rings (SSSR count). The van der Waals surface area contributed by atoms with Crippen LogP contribution in [0.3, 0.4) is 0 Å². The molecule has 0 saturated heterocycles. The van der Waals surface area contributed by atoms with Gasteiger partial charge in [-0.25, -0.2) is 4.98 Å². The van der Waals surface area contributed by atoms with Gasteiger partial charge < -0.3 is 20.5 Å². The number of rotatable bonds is 8. The van der Waals surface area contributed by atoms with Gasteiger partial charge in [0.15, 0.2) is 0 Å². The van der Waals surface area contributed by atoms with Gasteiger partial charge in [-0.15, -0.1) is 0 Å². The van der Waals surface area contributed by atoms with E-state index in [1.165, 1.54) is 0 Å². The van der Waals surface area contributed by atoms with E-state index in [0.29, 0.717) is 6.61 Å². The average Bonchev–Trinajstić information content (AvgIpc) is 2.36. The first kappa shape index (κ1) is 13.7. The summed E-state index contributed by atoms with van der Waals surface area (Å²) in [6.07, 6.45) is 1.06. The van der Waals surface area contributed by atoms with E-state index in [9.17, 15) is 0 Å². The molecule has 1 unspecified atom stereocenters. The number of hydrogen-bond donors (Lipinski definition) is 3. The molecule has 0 amide bonds. The summed E-state index contributed by atoms with van der Waals surface area (Å²) in [4.78, 5) is 4.39. The number of ether oxygens (including phenoxy) is 1. The molecule has 0 fully saturated rings. The lowest BCUT2D eigenvalue weighted by Crippen LogP contribution is -2.29. The minimum atomic E-state index is -0.131. The van der Waals surface area contributed by atoms with Crippen LogP contribution < -0.4 is 10.6 Å². The van der Waals surface area contributed by atoms with E-state index >= 15 is 0 Å². The zero-order valence-electron chi connectivity index (χ0n) is 10.4. The summed E-state index contributed by atoms with van der Waals surface area (Å²) >= 11 is 0. The van der Waals surface area contributed by atoms with Crippen LogP contribution in [0.2, 0.25) is 0 Å². The van der Waals surface area contributed by atoms with Crippen LogP contribution in [-0.2, 0) is 4.74 Å². The predicted molar refractivity (Wildman–Crippen MR) is 69.4 cm³/mol. The van der Waals surface area contributed by atoms with E-state index in [-0.39, 0.29) is 12.6 Å². The third-order valence-electron chi connectivity index (χ3n) is 2.25. The quantitative estimate of drug-likeness (QED) is 0.638. The number of pyridine rings is 1. The Balaban J connectivity index is 2.57. The van der Waals surface area contributed by atoms with Crippen molar-refractivity contribution in [3.8, 4) is 0 Å². The van der Waals surface area contributed by atoms with Crippen molar-refractivity contribution >= 4 is 11.6 Å². The number of aliphatic hydroxyl groups excluding tert-OH is 1. The highest BCUT2D eigenvalue weighted by Crippen LogP contribution is 2.10. The molecule has 17 heavy (non-hydrogen) atoms. The molecular formula is C12H21N3O2. The topological polar surface area (TPSA) is 66.4 Å². The third-order valence-corrected chi connectivity index (χ3v) is 2.25. The highest BCUT2D eigenvalue weighted by atomic mass is 16.5. The molecule has 0 spiro atoms. The van der Waals surface area contributed by atoms with Gasteiger partial charge >= 0.3 is 0 Å². The molecular weight excluding hydrogens is 218 g/mol. The van der Waals surface area contributed by atoms with Crippen LogP contribution in [-0.4, -0.2) is 43.0 Å². The van der Waals surface area contributed by atoms with Gasteiger partial charge in [0.05, 0.1) is 19.3 Å². The maximum Gasteiger partial charge on any atom is 0.128 e. The number of hydrogen-bond acceptors (Lipinski definition) is 5. The molecule has 0 saturated carbocycles. The average molecular weight is 239 g/mol. The van der Waals surface area contributed by atoms with Crippen LogP contribution in [0.15, 0.2) is 18.2 Å². The van der Waals surface area contributed by atoms with Crippen molar-refractivity contribution in [2.45, 2.75) is 19.4 Å². The summed E-state index contributed by atoms with van der Waals surface area (Å²) < 4.78 is 5.00. The smallest absolute Gasteiger partial charge is 0.128 e. The maximum atomic E-state index is 9.14. The van der Waals surface area contributed by atoms with E-state index in [0.717, 1.165) is 24.6 Å². The van der Waals surface area contributed by atoms with Gasteiger partial charge in [0.25, 0.3) is 0 Å². The van der Waals surface area contributed by atoms with Gasteiger partial charge in [0.1, 0.15) is 11.6 Å². The van der Waals surface area contributed by atoms with Crippen LogP contribution in [0.5, 0.6) is 0 Å². The fraction of sp³-hybridized carbons (Fsp3) is 0.583. The summed E-state index contributed by atoms with van der Waals surface area (Å²) in [6.45, 7) is 3.47. The molecule has 0 aliphatic carbocycles. The first-order valence-corrected chi connectivity index (χ1v) is 5.87. The highest BCUT2D eigenvalue weighted by Gasteiger charge is 2.07. The van der Waals surface area contributed by atoms with Crippen molar-refractivity contribution in [3.05, 3.63) is 18.2 Å². The second-order valence-electron chi connectivity index (χ2n) is 3.81. The van der Waals surface area contributed by atoms with Crippen molar-refractivity contribution < 1.29 is 9.84 Å². The van der Waals surface area contributed by atoms with E-state index in [2.05, 4.69) is 22.5 Å². The summed E-state index contributed by atoms with van der Waals surface area (Å²) in [5, 5.41) is 15.5. The maximum absolute atomic E-state index is 9.14. The lowest BCUT2D eigenvalue weighted by Gasteiger charge is -2.16. The van der Waals surface area contributed by atoms with Crippen molar-refractivity contribution in [1.29, 1.82) is 0 Å². The molecule has 0 radical (unpaired) electrons. The molecule has 0 aliphatic rings. The van der Waals surface area contributed by atoms with Crippen LogP contribution in [0.4, 0.5) is 11.6 Å². The first-order valence-electron chi connectivity index (χ1n) is 5.87. The number of anilines is 2. The molecule has 1 aromatic rings. The summed E-state index contributed by atoms with van der Waals surface area (Å²) in [7, 11) is 1.61. The largest absolute Gasteiger partial charge is 0.394 e. The number of aliphatic hydroxyl groups is 1. The Kier molecular flexibility index (Phi) is 6.35. The Bertz CT molecular complexity index is 320. The van der Waals surface area contributed by atoms with E-state index in [4.69, 9.17) is 9.84 Å². The minimum absolute atomic E-state index is 0.0160. The van der Waals surface area contributed by atoms with Gasteiger partial charge in [0, 0.05) is 13.7 Å². The van der Waals surface area contributed by atoms with Crippen LogP contribution in [0, 0.1) is 0 Å². The van der Waals surface area contributed by atoms with E-state index in [1.807, 2.05) is 18.2 Å². The molecule has 3 N–H and O–H groups in total. The second-order valence-corrected chi connectivity index (χ2v) is 3.81. The summed E-state index contributed by atoms with van der Waals surface area (Å²) in [6, 6.07) is 5.59. The van der Waals surface area contributed by atoms with Crippen molar-refractivity contribution in [2.75, 3.05) is 37.5 Å². The van der Waals surface area contributed by atoms with Gasteiger partial charge in [-0.1, -0.05) is 13.0 Å². The molecule has 5 heteroatoms. The molecule has 5 nitrogen and oxygen atoms in total. The Morgan fingerprint density at radius 1 is 1.41 bits per heavy atom. The van der Waals surface area contributed by atoms with Crippen LogP contribution in [0.1, 0.15) is 13.3 Å². The number of aromatic nitrogens is 1. The predicted octanol–water partition coefficient (Wildman–Crippen LogP) is 1.32. The van der Waals surface area contributed by atoms with Crippen molar-refractivity contribution in [2.24, 2.45) is 0 Å². The number of nitrogens with zero attached hydrogens (tertiary/aromatic N) is 1. The van der Waals surface area contributed by atoms with Gasteiger partial charge in [0.2, 0.25) is 0 Å². The minimum Gasteiger partial charge on any atom is -0.394 e. The van der Waals surface area contributed by atoms with Crippen LogP contribution in [0.25, 0.3) is 0 Å². The zero-order valence-corrected chi connectivity index (χ0v) is 10.4. The lowest BCUT2D eigenvalue weighted by atomic mass is 10.3. The first-order chi connectivity index (χ1) is 8.30. The molecule has 1 aromatic heterocycles.